The van der Waals surface area contributed by atoms with Gasteiger partial charge in [-0.2, -0.15) is 0 Å². The van der Waals surface area contributed by atoms with Gasteiger partial charge in [-0.3, -0.25) is 4.90 Å². The quantitative estimate of drug-likeness (QED) is 0.897. The van der Waals surface area contributed by atoms with Gasteiger partial charge in [0, 0.05) is 49.1 Å². The minimum absolute atomic E-state index is 0.0632. The van der Waals surface area contributed by atoms with Gasteiger partial charge >= 0.3 is 6.03 Å². The predicted octanol–water partition coefficient (Wildman–Crippen LogP) is 2.32. The molecular formula is C17H27N3O2S. The molecule has 1 atom stereocenters. The first kappa shape index (κ1) is 16.7. The number of hydrogen-bond donors (Lipinski definition) is 1. The van der Waals surface area contributed by atoms with Gasteiger partial charge < -0.3 is 15.0 Å². The van der Waals surface area contributed by atoms with Crippen LogP contribution >= 0.6 is 11.3 Å². The van der Waals surface area contributed by atoms with Crippen LogP contribution in [0.15, 0.2) is 12.1 Å². The molecule has 1 aromatic heterocycles. The summed E-state index contributed by atoms with van der Waals surface area (Å²) in [6.45, 7) is 8.24. The zero-order valence-corrected chi connectivity index (χ0v) is 14.7. The van der Waals surface area contributed by atoms with Gasteiger partial charge in [0.05, 0.1) is 12.6 Å². The van der Waals surface area contributed by atoms with Crippen LogP contribution in [0.3, 0.4) is 0 Å². The lowest BCUT2D eigenvalue weighted by Crippen LogP contribution is -2.52. The maximum atomic E-state index is 12.3. The Bertz CT molecular complexity index is 506. The molecule has 5 nitrogen and oxygen atoms in total. The second kappa shape index (κ2) is 8.13. The highest BCUT2D eigenvalue weighted by molar-refractivity contribution is 7.11. The summed E-state index contributed by atoms with van der Waals surface area (Å²) >= 11 is 1.78. The molecule has 0 aliphatic carbocycles. The first-order valence-electron chi connectivity index (χ1n) is 8.69. The summed E-state index contributed by atoms with van der Waals surface area (Å²) in [5.41, 5.74) is 0. The van der Waals surface area contributed by atoms with Gasteiger partial charge in [0.15, 0.2) is 0 Å². The van der Waals surface area contributed by atoms with E-state index < -0.39 is 0 Å². The summed E-state index contributed by atoms with van der Waals surface area (Å²) in [5, 5.41) is 3.05. The van der Waals surface area contributed by atoms with Crippen LogP contribution in [0.2, 0.25) is 0 Å². The van der Waals surface area contributed by atoms with Crippen molar-refractivity contribution in [3.05, 3.63) is 21.9 Å². The van der Waals surface area contributed by atoms with E-state index >= 15 is 0 Å². The highest BCUT2D eigenvalue weighted by atomic mass is 32.1. The highest BCUT2D eigenvalue weighted by Crippen LogP contribution is 2.17. The molecule has 0 radical (unpaired) electrons. The normalized spacial score (nSPS) is 22.5. The molecule has 2 amide bonds. The second-order valence-corrected chi connectivity index (χ2v) is 7.56. The van der Waals surface area contributed by atoms with Gasteiger partial charge in [-0.15, -0.1) is 11.3 Å². The number of ether oxygens (including phenoxy) is 1. The van der Waals surface area contributed by atoms with Gasteiger partial charge in [0.25, 0.3) is 0 Å². The first-order valence-corrected chi connectivity index (χ1v) is 9.50. The maximum Gasteiger partial charge on any atom is 0.317 e. The first-order chi connectivity index (χ1) is 11.2. The van der Waals surface area contributed by atoms with Crippen molar-refractivity contribution in [3.63, 3.8) is 0 Å². The van der Waals surface area contributed by atoms with E-state index in [9.17, 15) is 4.79 Å². The van der Waals surface area contributed by atoms with Crippen molar-refractivity contribution in [3.8, 4) is 0 Å². The number of hydrogen-bond acceptors (Lipinski definition) is 4. The summed E-state index contributed by atoms with van der Waals surface area (Å²) in [6, 6.07) is 4.33. The molecule has 23 heavy (non-hydrogen) atoms. The minimum atomic E-state index is 0.0632. The van der Waals surface area contributed by atoms with E-state index in [0.29, 0.717) is 12.6 Å². The Balaban J connectivity index is 1.37. The average Bonchev–Trinajstić information content (AvgIpc) is 3.24. The van der Waals surface area contributed by atoms with Crippen LogP contribution < -0.4 is 5.32 Å². The molecule has 1 aromatic rings. The Morgan fingerprint density at radius 1 is 1.30 bits per heavy atom. The van der Waals surface area contributed by atoms with Crippen molar-refractivity contribution in [1.29, 1.82) is 0 Å². The number of aryl methyl sites for hydroxylation is 1. The molecule has 1 N–H and O–H groups in total. The Morgan fingerprint density at radius 2 is 2.09 bits per heavy atom. The molecule has 3 rings (SSSR count). The molecule has 0 saturated carbocycles. The van der Waals surface area contributed by atoms with Crippen LogP contribution in [0.5, 0.6) is 0 Å². The summed E-state index contributed by atoms with van der Waals surface area (Å²) in [4.78, 5) is 19.2. The zero-order valence-electron chi connectivity index (χ0n) is 13.9. The third-order valence-corrected chi connectivity index (χ3v) is 5.85. The number of nitrogens with zero attached hydrogens (tertiary/aromatic N) is 2. The largest absolute Gasteiger partial charge is 0.377 e. The topological polar surface area (TPSA) is 44.8 Å². The van der Waals surface area contributed by atoms with Crippen molar-refractivity contribution in [1.82, 2.24) is 15.1 Å². The van der Waals surface area contributed by atoms with Gasteiger partial charge in [0.2, 0.25) is 0 Å². The molecule has 0 bridgehead atoms. The highest BCUT2D eigenvalue weighted by Gasteiger charge is 2.24. The van der Waals surface area contributed by atoms with Crippen LogP contribution in [0.1, 0.15) is 29.5 Å². The molecule has 0 spiro atoms. The van der Waals surface area contributed by atoms with E-state index in [1.165, 1.54) is 22.6 Å². The van der Waals surface area contributed by atoms with Crippen LogP contribution in [0.25, 0.3) is 0 Å². The van der Waals surface area contributed by atoms with Crippen LogP contribution in [0, 0.1) is 0 Å². The van der Waals surface area contributed by atoms with E-state index in [4.69, 9.17) is 4.74 Å². The lowest BCUT2D eigenvalue weighted by molar-refractivity contribution is 0.0561. The molecule has 2 fully saturated rings. The van der Waals surface area contributed by atoms with Gasteiger partial charge in [-0.25, -0.2) is 4.79 Å². The van der Waals surface area contributed by atoms with Crippen LogP contribution in [-0.2, 0) is 17.7 Å². The Kier molecular flexibility index (Phi) is 5.91. The van der Waals surface area contributed by atoms with E-state index in [2.05, 4.69) is 29.3 Å². The van der Waals surface area contributed by atoms with E-state index in [1.807, 2.05) is 4.90 Å². The van der Waals surface area contributed by atoms with E-state index in [1.54, 1.807) is 11.3 Å². The number of nitrogens with one attached hydrogen (secondary N) is 1. The monoisotopic (exact) mass is 337 g/mol. The summed E-state index contributed by atoms with van der Waals surface area (Å²) in [5.74, 6) is 0. The lowest BCUT2D eigenvalue weighted by Gasteiger charge is -2.35. The van der Waals surface area contributed by atoms with Crippen LogP contribution in [-0.4, -0.2) is 61.3 Å². The summed E-state index contributed by atoms with van der Waals surface area (Å²) in [6.07, 6.45) is 3.84. The van der Waals surface area contributed by atoms with Gasteiger partial charge in [-0.05, 0) is 31.4 Å². The summed E-state index contributed by atoms with van der Waals surface area (Å²) < 4.78 is 5.70. The number of carbonyl (C=O) groups is 1. The molecule has 3 heterocycles. The minimum Gasteiger partial charge on any atom is -0.377 e. The molecule has 6 heteroatoms. The number of piperazine rings is 1. The predicted molar refractivity (Wildman–Crippen MR) is 92.9 cm³/mol. The molecule has 1 unspecified atom stereocenters. The van der Waals surface area contributed by atoms with Crippen molar-refractivity contribution in [2.45, 2.75) is 38.8 Å². The number of urea groups is 1. The van der Waals surface area contributed by atoms with Crippen LogP contribution in [0.4, 0.5) is 4.79 Å². The van der Waals surface area contributed by atoms with E-state index in [0.717, 1.165) is 45.8 Å². The van der Waals surface area contributed by atoms with Crippen molar-refractivity contribution < 1.29 is 9.53 Å². The molecule has 0 aromatic carbocycles. The maximum absolute atomic E-state index is 12.3. The molecule has 2 aliphatic rings. The number of carbonyl (C=O) groups excluding carboxylic acids is 1. The Hall–Kier alpha value is -1.11. The Labute approximate surface area is 142 Å². The molecule has 2 aliphatic heterocycles. The van der Waals surface area contributed by atoms with Crippen molar-refractivity contribution in [2.75, 3.05) is 39.3 Å². The van der Waals surface area contributed by atoms with Crippen molar-refractivity contribution >= 4 is 17.4 Å². The molecule has 2 saturated heterocycles. The standard InChI is InChI=1S/C17H27N3O2S/c1-2-15-5-6-16(23-15)12-18-17(21)20-9-7-19(8-10-20)13-14-4-3-11-22-14/h5-6,14H,2-4,7-13H2,1H3,(H,18,21). The smallest absolute Gasteiger partial charge is 0.317 e. The number of rotatable bonds is 5. The zero-order chi connectivity index (χ0) is 16.1. The van der Waals surface area contributed by atoms with E-state index in [-0.39, 0.29) is 6.03 Å². The SMILES string of the molecule is CCc1ccc(CNC(=O)N2CCN(CC3CCCO3)CC2)s1. The van der Waals surface area contributed by atoms with Gasteiger partial charge in [-0.1, -0.05) is 6.92 Å². The van der Waals surface area contributed by atoms with Crippen molar-refractivity contribution in [2.24, 2.45) is 0 Å². The van der Waals surface area contributed by atoms with Gasteiger partial charge in [0.1, 0.15) is 0 Å². The fourth-order valence-corrected chi connectivity index (χ4v) is 4.09. The average molecular weight is 337 g/mol. The number of amides is 2. The third kappa shape index (κ3) is 4.68. The third-order valence-electron chi connectivity index (χ3n) is 4.62. The fourth-order valence-electron chi connectivity index (χ4n) is 3.19. The molecule has 128 valence electrons. The molecular weight excluding hydrogens is 310 g/mol. The fraction of sp³-hybridized carbons (Fsp3) is 0.706. The number of thiophene rings is 1. The summed E-state index contributed by atoms with van der Waals surface area (Å²) in [7, 11) is 0. The Morgan fingerprint density at radius 3 is 2.74 bits per heavy atom. The second-order valence-electron chi connectivity index (χ2n) is 6.30. The lowest BCUT2D eigenvalue weighted by atomic mass is 10.2.